The van der Waals surface area contributed by atoms with Crippen molar-refractivity contribution in [2.24, 2.45) is 15.9 Å². The van der Waals surface area contributed by atoms with Crippen molar-refractivity contribution in [1.29, 1.82) is 0 Å². The summed E-state index contributed by atoms with van der Waals surface area (Å²) in [5.41, 5.74) is 11.0. The number of aliphatic carboxylic acids is 2. The quantitative estimate of drug-likeness (QED) is 0.259. The molecule has 0 saturated carbocycles. The van der Waals surface area contributed by atoms with Gasteiger partial charge >= 0.3 is 11.9 Å². The molecule has 0 unspecified atom stereocenters. The molecule has 0 bridgehead atoms. The number of carboxylic acid groups (broad SMARTS) is 2. The molecule has 1 atom stereocenters. The summed E-state index contributed by atoms with van der Waals surface area (Å²) in [4.78, 5) is 63.4. The van der Waals surface area contributed by atoms with Gasteiger partial charge in [-0.25, -0.2) is 9.98 Å². The Morgan fingerprint density at radius 1 is 0.814 bits per heavy atom. The van der Waals surface area contributed by atoms with Crippen molar-refractivity contribution in [2.45, 2.75) is 92.9 Å². The number of amides is 2. The molecule has 2 aromatic heterocycles. The zero-order valence-electron chi connectivity index (χ0n) is 25.7. The van der Waals surface area contributed by atoms with Crippen LogP contribution in [0.5, 0.6) is 0 Å². The van der Waals surface area contributed by atoms with Gasteiger partial charge in [-0.05, 0) is 87.3 Å². The highest BCUT2D eigenvalue weighted by atomic mass is 16.4. The number of aromatic nitrogens is 2. The number of carbonyl (C=O) groups is 4. The van der Waals surface area contributed by atoms with E-state index in [9.17, 15) is 29.4 Å². The number of carboxylic acids is 2. The number of rotatable bonds is 13. The molecule has 0 aliphatic carbocycles. The van der Waals surface area contributed by atoms with Gasteiger partial charge in [-0.2, -0.15) is 0 Å². The van der Waals surface area contributed by atoms with Crippen LogP contribution in [0.4, 0.5) is 0 Å². The fourth-order valence-electron chi connectivity index (χ4n) is 6.26. The molecule has 4 heterocycles. The number of H-pyrrole nitrogens is 2. The zero-order chi connectivity index (χ0) is 31.6. The van der Waals surface area contributed by atoms with Crippen molar-refractivity contribution in [2.75, 3.05) is 0 Å². The Kier molecular flexibility index (Phi) is 9.47. The Bertz CT molecular complexity index is 1630. The van der Waals surface area contributed by atoms with Crippen LogP contribution in [0.1, 0.15) is 92.0 Å². The van der Waals surface area contributed by atoms with Gasteiger partial charge in [-0.15, -0.1) is 0 Å². The van der Waals surface area contributed by atoms with Crippen LogP contribution in [-0.2, 0) is 51.3 Å². The number of allylic oxidation sites excluding steroid dienone is 2. The maximum Gasteiger partial charge on any atom is 0.303 e. The van der Waals surface area contributed by atoms with Gasteiger partial charge in [0.05, 0.1) is 17.3 Å². The van der Waals surface area contributed by atoms with Gasteiger partial charge < -0.3 is 20.2 Å². The van der Waals surface area contributed by atoms with Crippen LogP contribution >= 0.6 is 0 Å². The van der Waals surface area contributed by atoms with Gasteiger partial charge in [0.25, 0.3) is 11.8 Å². The Balaban J connectivity index is 1.73. The smallest absolute Gasteiger partial charge is 0.303 e. The monoisotopic (exact) mass is 588 g/mol. The summed E-state index contributed by atoms with van der Waals surface area (Å²) in [6.45, 7) is 11.5. The third-order valence-corrected chi connectivity index (χ3v) is 8.82. The molecule has 0 radical (unpaired) electrons. The number of aliphatic imine (C=N–C) groups is 2. The third-order valence-electron chi connectivity index (χ3n) is 8.82. The summed E-state index contributed by atoms with van der Waals surface area (Å²) in [5, 5.41) is 18.9. The van der Waals surface area contributed by atoms with Gasteiger partial charge in [0, 0.05) is 60.5 Å². The molecule has 0 spiro atoms. The van der Waals surface area contributed by atoms with Crippen molar-refractivity contribution in [3.63, 3.8) is 0 Å². The van der Waals surface area contributed by atoms with Crippen LogP contribution in [0.3, 0.4) is 0 Å². The highest BCUT2D eigenvalue weighted by Gasteiger charge is 2.30. The molecule has 2 aromatic rings. The maximum atomic E-state index is 12.4. The lowest BCUT2D eigenvalue weighted by Gasteiger charge is -2.07. The molecule has 10 heteroatoms. The molecule has 0 fully saturated rings. The van der Waals surface area contributed by atoms with Crippen LogP contribution in [0.25, 0.3) is 0 Å². The summed E-state index contributed by atoms with van der Waals surface area (Å²) < 4.78 is 0. The van der Waals surface area contributed by atoms with Gasteiger partial charge in [-0.3, -0.25) is 19.2 Å². The topological polar surface area (TPSA) is 165 Å². The highest BCUT2D eigenvalue weighted by Crippen LogP contribution is 2.31. The standard InChI is InChI=1S/C33H40N4O6/c1-7-20-19(6)32(42)37-27(20)14-25-18(5)23(10-12-31(40)41)29(35-25)15-28-22(9-11-30(38)39)17(4)24(34-28)13-26-16(3)21(8-2)33(43)36-26/h7,19,34-35H,8-15H2,1-6H3,(H,38,39)(H,40,41)/b20-7+/t19-/m0/s1. The second-order valence-electron chi connectivity index (χ2n) is 11.4. The molecule has 43 heavy (non-hydrogen) atoms. The molecule has 4 rings (SSSR count). The van der Waals surface area contributed by atoms with E-state index < -0.39 is 11.9 Å². The highest BCUT2D eigenvalue weighted by molar-refractivity contribution is 6.19. The summed E-state index contributed by atoms with van der Waals surface area (Å²) in [6.07, 6.45) is 4.35. The van der Waals surface area contributed by atoms with E-state index in [1.54, 1.807) is 0 Å². The summed E-state index contributed by atoms with van der Waals surface area (Å²) in [6, 6.07) is 0. The Morgan fingerprint density at radius 2 is 1.33 bits per heavy atom. The van der Waals surface area contributed by atoms with E-state index in [4.69, 9.17) is 0 Å². The van der Waals surface area contributed by atoms with Crippen LogP contribution in [-0.4, -0.2) is 55.4 Å². The van der Waals surface area contributed by atoms with Crippen LogP contribution in [0, 0.1) is 19.8 Å². The first-order valence-electron chi connectivity index (χ1n) is 14.8. The Hall–Kier alpha value is -4.34. The second-order valence-corrected chi connectivity index (χ2v) is 11.4. The van der Waals surface area contributed by atoms with E-state index >= 15 is 0 Å². The number of nitrogens with one attached hydrogen (secondary N) is 2. The fourth-order valence-corrected chi connectivity index (χ4v) is 6.26. The van der Waals surface area contributed by atoms with E-state index in [0.717, 1.165) is 56.2 Å². The van der Waals surface area contributed by atoms with Crippen molar-refractivity contribution in [3.8, 4) is 0 Å². The molecule has 10 nitrogen and oxygen atoms in total. The molecule has 228 valence electrons. The van der Waals surface area contributed by atoms with Crippen molar-refractivity contribution in [1.82, 2.24) is 9.97 Å². The molecular weight excluding hydrogens is 548 g/mol. The normalized spacial score (nSPS) is 17.8. The lowest BCUT2D eigenvalue weighted by Crippen LogP contribution is -2.09. The fraction of sp³-hybridized carbons (Fsp3) is 0.455. The van der Waals surface area contributed by atoms with E-state index in [0.29, 0.717) is 55.5 Å². The largest absolute Gasteiger partial charge is 0.481 e. The first kappa shape index (κ1) is 31.6. The number of hydrogen-bond donors (Lipinski definition) is 4. The van der Waals surface area contributed by atoms with E-state index in [1.807, 2.05) is 47.6 Å². The summed E-state index contributed by atoms with van der Waals surface area (Å²) in [7, 11) is 0. The number of nitrogens with zero attached hydrogens (tertiary/aromatic N) is 2. The molecular formula is C33H40N4O6. The van der Waals surface area contributed by atoms with E-state index in [-0.39, 0.29) is 30.6 Å². The average molecular weight is 589 g/mol. The van der Waals surface area contributed by atoms with Gasteiger partial charge in [0.2, 0.25) is 0 Å². The van der Waals surface area contributed by atoms with Crippen molar-refractivity contribution in [3.05, 3.63) is 67.8 Å². The Morgan fingerprint density at radius 3 is 1.77 bits per heavy atom. The zero-order valence-corrected chi connectivity index (χ0v) is 25.7. The number of carbonyl (C=O) groups excluding carboxylic acids is 2. The minimum absolute atomic E-state index is 0.0392. The second kappa shape index (κ2) is 12.9. The first-order valence-corrected chi connectivity index (χ1v) is 14.8. The number of aromatic amines is 2. The molecule has 4 N–H and O–H groups in total. The molecule has 0 aromatic carbocycles. The summed E-state index contributed by atoms with van der Waals surface area (Å²) >= 11 is 0. The van der Waals surface area contributed by atoms with Crippen molar-refractivity contribution >= 4 is 35.2 Å². The van der Waals surface area contributed by atoms with Crippen molar-refractivity contribution < 1.29 is 29.4 Å². The summed E-state index contributed by atoms with van der Waals surface area (Å²) in [5.74, 6) is -2.45. The maximum absolute atomic E-state index is 12.4. The molecule has 2 aliphatic rings. The lowest BCUT2D eigenvalue weighted by molar-refractivity contribution is -0.138. The van der Waals surface area contributed by atoms with Gasteiger partial charge in [0.1, 0.15) is 0 Å². The molecule has 2 aliphatic heterocycles. The lowest BCUT2D eigenvalue weighted by atomic mass is 9.95. The molecule has 0 saturated heterocycles. The van der Waals surface area contributed by atoms with Gasteiger partial charge in [-0.1, -0.05) is 13.0 Å². The SMILES string of the molecule is C/C=C1/C(Cc2[nH]c(Cc3[nH]c(CC4=NC(=O)C(CC)=C4C)c(C)c3CCC(=O)O)c(CCC(=O)O)c2C)=NC(=O)[C@H]1C. The first-order chi connectivity index (χ1) is 20.4. The van der Waals surface area contributed by atoms with Crippen LogP contribution in [0.2, 0.25) is 0 Å². The van der Waals surface area contributed by atoms with Crippen LogP contribution < -0.4 is 0 Å². The third kappa shape index (κ3) is 6.53. The average Bonchev–Trinajstić information content (AvgIpc) is 3.59. The van der Waals surface area contributed by atoms with E-state index in [2.05, 4.69) is 20.0 Å². The van der Waals surface area contributed by atoms with E-state index in [1.165, 1.54) is 0 Å². The molecule has 2 amide bonds. The predicted molar refractivity (Wildman–Crippen MR) is 164 cm³/mol. The van der Waals surface area contributed by atoms with Gasteiger partial charge in [0.15, 0.2) is 0 Å². The minimum Gasteiger partial charge on any atom is -0.481 e. The number of hydrogen-bond acceptors (Lipinski definition) is 4. The van der Waals surface area contributed by atoms with Crippen LogP contribution in [0.15, 0.2) is 32.8 Å². The Labute approximate surface area is 251 Å². The predicted octanol–water partition coefficient (Wildman–Crippen LogP) is 4.94. The minimum atomic E-state index is -0.897.